The third-order valence-electron chi connectivity index (χ3n) is 5.18. The molecule has 1 aliphatic heterocycles. The second-order valence-electron chi connectivity index (χ2n) is 9.01. The van der Waals surface area contributed by atoms with Crippen molar-refractivity contribution in [1.82, 2.24) is 29.4 Å². The van der Waals surface area contributed by atoms with E-state index in [1.807, 2.05) is 20.8 Å². The number of halogens is 3. The molecule has 3 heterocycles. The highest BCUT2D eigenvalue weighted by Gasteiger charge is 2.30. The van der Waals surface area contributed by atoms with Crippen LogP contribution >= 0.6 is 0 Å². The zero-order chi connectivity index (χ0) is 24.5. The predicted molar refractivity (Wildman–Crippen MR) is 119 cm³/mol. The Hall–Kier alpha value is -3.41. The van der Waals surface area contributed by atoms with Crippen molar-refractivity contribution in [2.24, 2.45) is 0 Å². The second kappa shape index (κ2) is 9.09. The SMILES string of the molecule is CC(C)(C)OC(=O)N1CCN(Cc2nccc3nc(Nc4ccc(C(F)(F)F)cc4)nn23)CC1. The van der Waals surface area contributed by atoms with Crippen LogP contribution in [0.1, 0.15) is 32.2 Å². The monoisotopic (exact) mass is 477 g/mol. The lowest BCUT2D eigenvalue weighted by Crippen LogP contribution is -2.49. The van der Waals surface area contributed by atoms with E-state index >= 15 is 0 Å². The zero-order valence-electron chi connectivity index (χ0n) is 19.1. The zero-order valence-corrected chi connectivity index (χ0v) is 19.1. The number of fused-ring (bicyclic) bond motifs is 1. The summed E-state index contributed by atoms with van der Waals surface area (Å²) < 4.78 is 45.3. The minimum absolute atomic E-state index is 0.253. The van der Waals surface area contributed by atoms with Crippen molar-refractivity contribution in [3.8, 4) is 0 Å². The van der Waals surface area contributed by atoms with E-state index in [1.54, 1.807) is 21.7 Å². The summed E-state index contributed by atoms with van der Waals surface area (Å²) in [5.74, 6) is 0.917. The van der Waals surface area contributed by atoms with E-state index in [4.69, 9.17) is 4.74 Å². The van der Waals surface area contributed by atoms with Gasteiger partial charge in [-0.3, -0.25) is 4.90 Å². The summed E-state index contributed by atoms with van der Waals surface area (Å²) in [6.07, 6.45) is -3.07. The molecule has 0 saturated carbocycles. The van der Waals surface area contributed by atoms with Gasteiger partial charge in [0.2, 0.25) is 5.95 Å². The Morgan fingerprint density at radius 3 is 2.35 bits per heavy atom. The third-order valence-corrected chi connectivity index (χ3v) is 5.18. The Kier molecular flexibility index (Phi) is 6.34. The number of piperazine rings is 1. The topological polar surface area (TPSA) is 87.9 Å². The van der Waals surface area contributed by atoms with Crippen molar-refractivity contribution in [2.75, 3.05) is 31.5 Å². The Labute approximate surface area is 194 Å². The van der Waals surface area contributed by atoms with Crippen molar-refractivity contribution < 1.29 is 22.7 Å². The van der Waals surface area contributed by atoms with Gasteiger partial charge in [-0.2, -0.15) is 22.7 Å². The van der Waals surface area contributed by atoms with Crippen LogP contribution in [0, 0.1) is 0 Å². The number of benzene rings is 1. The Morgan fingerprint density at radius 1 is 1.06 bits per heavy atom. The summed E-state index contributed by atoms with van der Waals surface area (Å²) in [6, 6.07) is 6.37. The van der Waals surface area contributed by atoms with Gasteiger partial charge in [-0.05, 0) is 45.0 Å². The smallest absolute Gasteiger partial charge is 0.416 e. The summed E-state index contributed by atoms with van der Waals surface area (Å²) >= 11 is 0. The number of carbonyl (C=O) groups excluding carboxylic acids is 1. The number of anilines is 2. The van der Waals surface area contributed by atoms with E-state index in [-0.39, 0.29) is 12.0 Å². The molecule has 0 atom stereocenters. The summed E-state index contributed by atoms with van der Waals surface area (Å²) in [5, 5.41) is 7.36. The van der Waals surface area contributed by atoms with E-state index in [0.29, 0.717) is 49.9 Å². The number of hydrogen-bond acceptors (Lipinski definition) is 7. The molecule has 1 aromatic carbocycles. The second-order valence-corrected chi connectivity index (χ2v) is 9.01. The number of rotatable bonds is 4. The largest absolute Gasteiger partial charge is 0.444 e. The first kappa shape index (κ1) is 23.7. The van der Waals surface area contributed by atoms with Gasteiger partial charge in [-0.1, -0.05) is 0 Å². The minimum atomic E-state index is -4.39. The summed E-state index contributed by atoms with van der Waals surface area (Å²) in [4.78, 5) is 24.9. The molecule has 0 spiro atoms. The Bertz CT molecular complexity index is 1150. The van der Waals surface area contributed by atoms with Crippen molar-refractivity contribution in [3.05, 3.63) is 47.9 Å². The molecular formula is C22H26F3N7O2. The standard InChI is InChI=1S/C22H26F3N7O2/c1-21(2,3)34-20(33)31-12-10-30(11-13-31)14-18-26-9-8-17-28-19(29-32(17)18)27-16-6-4-15(5-7-16)22(23,24)25/h4-9H,10-14H2,1-3H3,(H,27,29). The van der Waals surface area contributed by atoms with Gasteiger partial charge in [-0.25, -0.2) is 9.78 Å². The van der Waals surface area contributed by atoms with Crippen LogP contribution in [0.15, 0.2) is 36.5 Å². The molecule has 34 heavy (non-hydrogen) atoms. The van der Waals surface area contributed by atoms with Crippen molar-refractivity contribution in [1.29, 1.82) is 0 Å². The lowest BCUT2D eigenvalue weighted by atomic mass is 10.2. The van der Waals surface area contributed by atoms with Crippen LogP contribution in [0.3, 0.4) is 0 Å². The number of carbonyl (C=O) groups is 1. The van der Waals surface area contributed by atoms with Crippen LogP contribution in [0.5, 0.6) is 0 Å². The number of ether oxygens (including phenoxy) is 1. The number of nitrogens with one attached hydrogen (secondary N) is 1. The fourth-order valence-electron chi connectivity index (χ4n) is 3.51. The van der Waals surface area contributed by atoms with Gasteiger partial charge in [0, 0.05) is 44.1 Å². The lowest BCUT2D eigenvalue weighted by molar-refractivity contribution is -0.137. The number of amides is 1. The van der Waals surface area contributed by atoms with Crippen LogP contribution in [0.2, 0.25) is 0 Å². The molecule has 2 aromatic heterocycles. The normalized spacial score (nSPS) is 15.5. The molecule has 0 bridgehead atoms. The van der Waals surface area contributed by atoms with Crippen molar-refractivity contribution in [3.63, 3.8) is 0 Å². The maximum Gasteiger partial charge on any atom is 0.416 e. The Morgan fingerprint density at radius 2 is 1.74 bits per heavy atom. The highest BCUT2D eigenvalue weighted by Crippen LogP contribution is 2.30. The molecule has 12 heteroatoms. The molecule has 0 aliphatic carbocycles. The fraction of sp³-hybridized carbons (Fsp3) is 0.455. The average molecular weight is 477 g/mol. The molecule has 0 unspecified atom stereocenters. The summed E-state index contributed by atoms with van der Waals surface area (Å²) in [7, 11) is 0. The van der Waals surface area contributed by atoms with Crippen LogP contribution < -0.4 is 5.32 Å². The minimum Gasteiger partial charge on any atom is -0.444 e. The molecule has 0 radical (unpaired) electrons. The summed E-state index contributed by atoms with van der Waals surface area (Å²) in [5.41, 5.74) is -0.254. The van der Waals surface area contributed by atoms with Crippen LogP contribution in [0.4, 0.5) is 29.6 Å². The van der Waals surface area contributed by atoms with Gasteiger partial charge in [0.15, 0.2) is 5.65 Å². The van der Waals surface area contributed by atoms with Crippen LogP contribution in [0.25, 0.3) is 5.65 Å². The van der Waals surface area contributed by atoms with Gasteiger partial charge in [0.25, 0.3) is 0 Å². The van der Waals surface area contributed by atoms with E-state index in [0.717, 1.165) is 12.1 Å². The molecule has 4 rings (SSSR count). The number of aromatic nitrogens is 4. The highest BCUT2D eigenvalue weighted by atomic mass is 19.4. The average Bonchev–Trinajstić information content (AvgIpc) is 3.16. The van der Waals surface area contributed by atoms with Gasteiger partial charge in [0.1, 0.15) is 11.4 Å². The van der Waals surface area contributed by atoms with E-state index < -0.39 is 17.3 Å². The third kappa shape index (κ3) is 5.74. The maximum atomic E-state index is 12.8. The first-order chi connectivity index (χ1) is 16.0. The maximum absolute atomic E-state index is 12.8. The van der Waals surface area contributed by atoms with E-state index in [1.165, 1.54) is 12.1 Å². The van der Waals surface area contributed by atoms with Crippen molar-refractivity contribution in [2.45, 2.75) is 39.1 Å². The highest BCUT2D eigenvalue weighted by molar-refractivity contribution is 5.68. The molecule has 3 aromatic rings. The first-order valence-electron chi connectivity index (χ1n) is 10.8. The first-order valence-corrected chi connectivity index (χ1v) is 10.8. The van der Waals surface area contributed by atoms with Gasteiger partial charge in [-0.15, -0.1) is 5.10 Å². The van der Waals surface area contributed by atoms with E-state index in [2.05, 4.69) is 25.3 Å². The molecule has 1 amide bonds. The molecular weight excluding hydrogens is 451 g/mol. The van der Waals surface area contributed by atoms with Crippen LogP contribution in [-0.4, -0.2) is 67.3 Å². The van der Waals surface area contributed by atoms with Crippen molar-refractivity contribution >= 4 is 23.4 Å². The number of alkyl halides is 3. The van der Waals surface area contributed by atoms with Gasteiger partial charge < -0.3 is 15.0 Å². The Balaban J connectivity index is 1.40. The molecule has 182 valence electrons. The number of hydrogen-bond donors (Lipinski definition) is 1. The fourth-order valence-corrected chi connectivity index (χ4v) is 3.51. The molecule has 1 aliphatic rings. The van der Waals surface area contributed by atoms with Gasteiger partial charge >= 0.3 is 12.3 Å². The van der Waals surface area contributed by atoms with E-state index in [9.17, 15) is 18.0 Å². The molecule has 1 saturated heterocycles. The predicted octanol–water partition coefficient (Wildman–Crippen LogP) is 3.94. The molecule has 9 nitrogen and oxygen atoms in total. The number of nitrogens with zero attached hydrogens (tertiary/aromatic N) is 6. The van der Waals surface area contributed by atoms with Crippen LogP contribution in [-0.2, 0) is 17.5 Å². The van der Waals surface area contributed by atoms with Gasteiger partial charge in [0.05, 0.1) is 12.1 Å². The summed E-state index contributed by atoms with van der Waals surface area (Å²) in [6.45, 7) is 8.42. The quantitative estimate of drug-likeness (QED) is 0.609. The molecule has 1 N–H and O–H groups in total. The lowest BCUT2D eigenvalue weighted by Gasteiger charge is -2.35. The molecule has 1 fully saturated rings.